The third kappa shape index (κ3) is 4.94. The van der Waals surface area contributed by atoms with Gasteiger partial charge in [0.05, 0.1) is 18.2 Å². The van der Waals surface area contributed by atoms with Crippen LogP contribution in [-0.2, 0) is 6.42 Å². The van der Waals surface area contributed by atoms with Crippen LogP contribution in [0.25, 0.3) is 16.9 Å². The maximum Gasteiger partial charge on any atom is 0.270 e. The standard InChI is InChI=1S/C24H25N5O3S/c1-2-17(14-30)27-24(32)21-20(16-9-13-33-15-16)28-22-19(7-5-12-29(21)22)23(31)26-11-8-18-6-3-4-10-25-18/h3-7,9-10,12-13,15,17,30H,2,8,11,14H2,1H3,(H,26,31)(H,27,32)/t17-/m0/s1. The van der Waals surface area contributed by atoms with Gasteiger partial charge in [0.1, 0.15) is 11.4 Å². The van der Waals surface area contributed by atoms with Crippen LogP contribution in [0.1, 0.15) is 39.9 Å². The minimum absolute atomic E-state index is 0.156. The zero-order chi connectivity index (χ0) is 23.2. The molecule has 0 aromatic carbocycles. The van der Waals surface area contributed by atoms with Gasteiger partial charge >= 0.3 is 0 Å². The first-order chi connectivity index (χ1) is 16.1. The third-order valence-electron chi connectivity index (χ3n) is 5.35. The molecule has 0 aliphatic carbocycles. The number of aliphatic hydroxyl groups is 1. The highest BCUT2D eigenvalue weighted by atomic mass is 32.1. The van der Waals surface area contributed by atoms with Crippen molar-refractivity contribution in [1.82, 2.24) is 25.0 Å². The van der Waals surface area contributed by atoms with E-state index in [1.807, 2.05) is 41.9 Å². The molecule has 3 N–H and O–H groups in total. The Morgan fingerprint density at radius 3 is 2.76 bits per heavy atom. The maximum atomic E-state index is 13.2. The summed E-state index contributed by atoms with van der Waals surface area (Å²) in [5, 5.41) is 19.1. The molecule has 4 aromatic rings. The summed E-state index contributed by atoms with van der Waals surface area (Å²) in [7, 11) is 0. The van der Waals surface area contributed by atoms with E-state index < -0.39 is 0 Å². The van der Waals surface area contributed by atoms with Gasteiger partial charge in [-0.15, -0.1) is 0 Å². The fourth-order valence-corrected chi connectivity index (χ4v) is 4.18. The van der Waals surface area contributed by atoms with Gasteiger partial charge in [-0.1, -0.05) is 13.0 Å². The summed E-state index contributed by atoms with van der Waals surface area (Å²) in [5.41, 5.74) is 3.30. The second-order valence-corrected chi connectivity index (χ2v) is 8.30. The Balaban J connectivity index is 1.66. The molecule has 8 nitrogen and oxygen atoms in total. The van der Waals surface area contributed by atoms with E-state index in [1.165, 1.54) is 11.3 Å². The van der Waals surface area contributed by atoms with Crippen molar-refractivity contribution < 1.29 is 14.7 Å². The number of nitrogens with one attached hydrogen (secondary N) is 2. The number of carbonyl (C=O) groups excluding carboxylic acids is 2. The number of pyridine rings is 2. The summed E-state index contributed by atoms with van der Waals surface area (Å²) >= 11 is 1.50. The first-order valence-corrected chi connectivity index (χ1v) is 11.7. The second-order valence-electron chi connectivity index (χ2n) is 7.52. The van der Waals surface area contributed by atoms with Gasteiger partial charge in [0, 0.05) is 42.0 Å². The highest BCUT2D eigenvalue weighted by molar-refractivity contribution is 7.08. The lowest BCUT2D eigenvalue weighted by Gasteiger charge is -2.14. The van der Waals surface area contributed by atoms with Gasteiger partial charge in [-0.25, -0.2) is 4.98 Å². The maximum absolute atomic E-state index is 13.2. The van der Waals surface area contributed by atoms with Crippen molar-refractivity contribution in [3.05, 3.63) is 76.5 Å². The van der Waals surface area contributed by atoms with Gasteiger partial charge in [-0.3, -0.25) is 19.0 Å². The average molecular weight is 464 g/mol. The predicted octanol–water partition coefficient (Wildman–Crippen LogP) is 2.93. The molecule has 170 valence electrons. The Hall–Kier alpha value is -3.56. The number of rotatable bonds is 9. The molecule has 0 bridgehead atoms. The van der Waals surface area contributed by atoms with Gasteiger partial charge in [-0.05, 0) is 42.1 Å². The van der Waals surface area contributed by atoms with E-state index in [2.05, 4.69) is 15.6 Å². The van der Waals surface area contributed by atoms with Crippen molar-refractivity contribution in [3.63, 3.8) is 0 Å². The summed E-state index contributed by atoms with van der Waals surface area (Å²) in [6.45, 7) is 2.16. The predicted molar refractivity (Wildman–Crippen MR) is 127 cm³/mol. The molecule has 33 heavy (non-hydrogen) atoms. The molecule has 0 aliphatic heterocycles. The topological polar surface area (TPSA) is 109 Å². The van der Waals surface area contributed by atoms with Crippen LogP contribution in [0.15, 0.2) is 59.6 Å². The van der Waals surface area contributed by atoms with E-state index in [4.69, 9.17) is 4.98 Å². The van der Waals surface area contributed by atoms with Crippen LogP contribution in [0, 0.1) is 0 Å². The largest absolute Gasteiger partial charge is 0.394 e. The van der Waals surface area contributed by atoms with Gasteiger partial charge in [-0.2, -0.15) is 11.3 Å². The highest BCUT2D eigenvalue weighted by Gasteiger charge is 2.25. The molecule has 4 heterocycles. The summed E-state index contributed by atoms with van der Waals surface area (Å²) in [6.07, 6.45) is 4.65. The summed E-state index contributed by atoms with van der Waals surface area (Å²) in [5.74, 6) is -0.621. The molecular formula is C24H25N5O3S. The van der Waals surface area contributed by atoms with Crippen LogP contribution in [0.2, 0.25) is 0 Å². The number of hydrogen-bond donors (Lipinski definition) is 3. The van der Waals surface area contributed by atoms with Gasteiger partial charge in [0.25, 0.3) is 11.8 Å². The molecule has 2 amide bonds. The molecule has 1 atom stereocenters. The van der Waals surface area contributed by atoms with Crippen LogP contribution >= 0.6 is 11.3 Å². The molecule has 0 unspecified atom stereocenters. The van der Waals surface area contributed by atoms with Crippen LogP contribution in [0.4, 0.5) is 0 Å². The summed E-state index contributed by atoms with van der Waals surface area (Å²) < 4.78 is 1.64. The molecule has 9 heteroatoms. The molecule has 0 saturated carbocycles. The lowest BCUT2D eigenvalue weighted by atomic mass is 10.1. The Morgan fingerprint density at radius 1 is 1.18 bits per heavy atom. The SMILES string of the molecule is CC[C@@H](CO)NC(=O)c1c(-c2ccsc2)nc2c(C(=O)NCCc3ccccn3)cccn12. The highest BCUT2D eigenvalue weighted by Crippen LogP contribution is 2.28. The van der Waals surface area contributed by atoms with Crippen molar-refractivity contribution in [2.45, 2.75) is 25.8 Å². The molecule has 0 fully saturated rings. The third-order valence-corrected chi connectivity index (χ3v) is 6.03. The molecular weight excluding hydrogens is 438 g/mol. The lowest BCUT2D eigenvalue weighted by molar-refractivity contribution is 0.0907. The molecule has 0 radical (unpaired) electrons. The van der Waals surface area contributed by atoms with Crippen molar-refractivity contribution in [2.75, 3.05) is 13.2 Å². The number of hydrogen-bond acceptors (Lipinski definition) is 6. The first kappa shape index (κ1) is 22.6. The number of fused-ring (bicyclic) bond motifs is 1. The second kappa shape index (κ2) is 10.4. The molecule has 0 saturated heterocycles. The Morgan fingerprint density at radius 2 is 2.06 bits per heavy atom. The molecule has 0 aliphatic rings. The molecule has 4 rings (SSSR count). The number of imidazole rings is 1. The fourth-order valence-electron chi connectivity index (χ4n) is 3.54. The summed E-state index contributed by atoms with van der Waals surface area (Å²) in [6, 6.07) is 10.6. The van der Waals surface area contributed by atoms with Crippen molar-refractivity contribution >= 4 is 28.8 Å². The Labute approximate surface area is 195 Å². The van der Waals surface area contributed by atoms with E-state index in [1.54, 1.807) is 28.9 Å². The number of thiophene rings is 1. The fraction of sp³-hybridized carbons (Fsp3) is 0.250. The van der Waals surface area contributed by atoms with Gasteiger partial charge < -0.3 is 15.7 Å². The van der Waals surface area contributed by atoms with Crippen LogP contribution in [0.3, 0.4) is 0 Å². The van der Waals surface area contributed by atoms with Crippen LogP contribution in [-0.4, -0.2) is 50.5 Å². The number of aliphatic hydroxyl groups excluding tert-OH is 1. The van der Waals surface area contributed by atoms with E-state index in [9.17, 15) is 14.7 Å². The minimum atomic E-state index is -0.364. The minimum Gasteiger partial charge on any atom is -0.394 e. The van der Waals surface area contributed by atoms with Crippen molar-refractivity contribution in [1.29, 1.82) is 0 Å². The zero-order valence-corrected chi connectivity index (χ0v) is 19.0. The van der Waals surface area contributed by atoms with Gasteiger partial charge in [0.15, 0.2) is 5.65 Å². The first-order valence-electron chi connectivity index (χ1n) is 10.8. The van der Waals surface area contributed by atoms with E-state index in [0.717, 1.165) is 11.3 Å². The van der Waals surface area contributed by atoms with Gasteiger partial charge in [0.2, 0.25) is 0 Å². The monoisotopic (exact) mass is 463 g/mol. The Bertz CT molecular complexity index is 1230. The van der Waals surface area contributed by atoms with Crippen LogP contribution in [0.5, 0.6) is 0 Å². The lowest BCUT2D eigenvalue weighted by Crippen LogP contribution is -2.37. The van der Waals surface area contributed by atoms with Crippen LogP contribution < -0.4 is 10.6 Å². The number of carbonyl (C=O) groups is 2. The molecule has 0 spiro atoms. The number of amides is 2. The number of aromatic nitrogens is 3. The van der Waals surface area contributed by atoms with E-state index in [-0.39, 0.29) is 24.5 Å². The normalized spacial score (nSPS) is 11.9. The van der Waals surface area contributed by atoms with Crippen molar-refractivity contribution in [3.8, 4) is 11.3 Å². The molecule has 4 aromatic heterocycles. The average Bonchev–Trinajstić information content (AvgIpc) is 3.50. The quantitative estimate of drug-likeness (QED) is 0.354. The zero-order valence-electron chi connectivity index (χ0n) is 18.2. The van der Waals surface area contributed by atoms with Crippen molar-refractivity contribution in [2.24, 2.45) is 0 Å². The summed E-state index contributed by atoms with van der Waals surface area (Å²) in [4.78, 5) is 35.1. The number of nitrogens with zero attached hydrogens (tertiary/aromatic N) is 3. The van der Waals surface area contributed by atoms with E-state index in [0.29, 0.717) is 42.0 Å². The van der Waals surface area contributed by atoms with E-state index >= 15 is 0 Å². The Kier molecular flexibility index (Phi) is 7.11. The smallest absolute Gasteiger partial charge is 0.270 e.